The molecule has 1 aliphatic rings. The molecule has 0 fully saturated rings. The summed E-state index contributed by atoms with van der Waals surface area (Å²) in [6.07, 6.45) is 0.657. The molecule has 5 rings (SSSR count). The van der Waals surface area contributed by atoms with Crippen molar-refractivity contribution in [3.63, 3.8) is 0 Å². The van der Waals surface area contributed by atoms with Crippen molar-refractivity contribution in [2.75, 3.05) is 19.1 Å². The molecule has 0 saturated heterocycles. The van der Waals surface area contributed by atoms with Crippen LogP contribution in [-0.4, -0.2) is 36.2 Å². The summed E-state index contributed by atoms with van der Waals surface area (Å²) in [4.78, 5) is 32.2. The number of furan rings is 1. The molecular formula is C26H22N2O6S. The molecule has 4 heterocycles. The van der Waals surface area contributed by atoms with Gasteiger partial charge in [-0.25, -0.2) is 9.59 Å². The van der Waals surface area contributed by atoms with Gasteiger partial charge in [0, 0.05) is 29.2 Å². The first-order valence-electron chi connectivity index (χ1n) is 10.8. The Balaban J connectivity index is 1.85. The summed E-state index contributed by atoms with van der Waals surface area (Å²) in [6.45, 7) is 0.296. The van der Waals surface area contributed by atoms with Crippen LogP contribution in [0.4, 0.5) is 5.69 Å². The number of aromatic nitrogens is 1. The molecule has 2 atom stereocenters. The van der Waals surface area contributed by atoms with E-state index < -0.39 is 24.1 Å². The lowest BCUT2D eigenvalue weighted by atomic mass is 9.98. The first kappa shape index (κ1) is 22.8. The number of ether oxygens (including phenoxy) is 2. The molecule has 0 spiro atoms. The number of esters is 2. The second kappa shape index (κ2) is 9.36. The standard InChI is InChI=1S/C26H22N2O6S/c1-32-25(30)19-21-23(34-24(19)26(31)33-2)17-14-35-13-16(17)22(29)20(18-10-6-7-11-27-18)28(21)12-15-8-4-3-5-9-15/h3-11,13-14,20,22,29H,12H2,1-2H3/t20-,22+/m0/s1. The van der Waals surface area contributed by atoms with Gasteiger partial charge in [-0.1, -0.05) is 36.4 Å². The fraction of sp³-hybridized carbons (Fsp3) is 0.192. The summed E-state index contributed by atoms with van der Waals surface area (Å²) in [6, 6.07) is 14.4. The summed E-state index contributed by atoms with van der Waals surface area (Å²) >= 11 is 1.39. The van der Waals surface area contributed by atoms with Crippen molar-refractivity contribution >= 4 is 29.0 Å². The molecule has 1 aliphatic heterocycles. The monoisotopic (exact) mass is 490 g/mol. The second-order valence-electron chi connectivity index (χ2n) is 7.97. The van der Waals surface area contributed by atoms with Gasteiger partial charge < -0.3 is 23.9 Å². The second-order valence-corrected chi connectivity index (χ2v) is 8.71. The Morgan fingerprint density at radius 3 is 2.49 bits per heavy atom. The third kappa shape index (κ3) is 3.88. The van der Waals surface area contributed by atoms with Gasteiger partial charge in [0.15, 0.2) is 5.76 Å². The quantitative estimate of drug-likeness (QED) is 0.399. The maximum atomic E-state index is 13.1. The van der Waals surface area contributed by atoms with Gasteiger partial charge >= 0.3 is 11.9 Å². The molecule has 0 unspecified atom stereocenters. The maximum absolute atomic E-state index is 13.1. The zero-order valence-electron chi connectivity index (χ0n) is 19.0. The van der Waals surface area contributed by atoms with Crippen LogP contribution in [0.15, 0.2) is 69.9 Å². The number of benzene rings is 1. The van der Waals surface area contributed by atoms with Gasteiger partial charge in [-0.15, -0.1) is 0 Å². The van der Waals surface area contributed by atoms with Gasteiger partial charge in [-0.05, 0) is 23.1 Å². The van der Waals surface area contributed by atoms with Crippen molar-refractivity contribution in [1.29, 1.82) is 0 Å². The third-order valence-corrected chi connectivity index (χ3v) is 6.77. The number of rotatable bonds is 5. The lowest BCUT2D eigenvalue weighted by Crippen LogP contribution is -2.33. The molecule has 1 N–H and O–H groups in total. The molecule has 0 saturated carbocycles. The lowest BCUT2D eigenvalue weighted by molar-refractivity contribution is 0.0529. The number of aliphatic hydroxyl groups is 1. The Bertz CT molecular complexity index is 1370. The number of aliphatic hydroxyl groups excluding tert-OH is 1. The van der Waals surface area contributed by atoms with Crippen LogP contribution in [0.5, 0.6) is 0 Å². The largest absolute Gasteiger partial charge is 0.465 e. The van der Waals surface area contributed by atoms with Crippen molar-refractivity contribution in [3.05, 3.63) is 93.6 Å². The molecule has 0 aliphatic carbocycles. The lowest BCUT2D eigenvalue weighted by Gasteiger charge is -2.35. The SMILES string of the molecule is COC(=O)c1oc2c(c1C(=O)OC)N(Cc1ccccc1)[C@@H](c1ccccn1)[C@H](O)c1cscc1-2. The molecular weight excluding hydrogens is 468 g/mol. The Hall–Kier alpha value is -3.95. The number of carbonyl (C=O) groups excluding carboxylic acids is 2. The molecule has 178 valence electrons. The van der Waals surface area contributed by atoms with Gasteiger partial charge in [-0.3, -0.25) is 4.98 Å². The van der Waals surface area contributed by atoms with E-state index in [0.29, 0.717) is 29.1 Å². The number of hydrogen-bond acceptors (Lipinski definition) is 9. The summed E-state index contributed by atoms with van der Waals surface area (Å²) in [5.74, 6) is -1.52. The number of fused-ring (bicyclic) bond motifs is 3. The fourth-order valence-corrected chi connectivity index (χ4v) is 5.30. The highest BCUT2D eigenvalue weighted by Gasteiger charge is 2.43. The molecule has 35 heavy (non-hydrogen) atoms. The van der Waals surface area contributed by atoms with Crippen molar-refractivity contribution < 1.29 is 28.6 Å². The normalized spacial score (nSPS) is 16.7. The number of hydrogen-bond donors (Lipinski definition) is 1. The van der Waals surface area contributed by atoms with Gasteiger partial charge in [0.05, 0.1) is 19.9 Å². The van der Waals surface area contributed by atoms with E-state index in [4.69, 9.17) is 13.9 Å². The number of anilines is 1. The Morgan fingerprint density at radius 2 is 1.80 bits per heavy atom. The van der Waals surface area contributed by atoms with Crippen LogP contribution in [0, 0.1) is 0 Å². The number of methoxy groups -OCH3 is 2. The molecule has 0 radical (unpaired) electrons. The van der Waals surface area contributed by atoms with Gasteiger partial charge in [0.25, 0.3) is 0 Å². The minimum Gasteiger partial charge on any atom is -0.465 e. The summed E-state index contributed by atoms with van der Waals surface area (Å²) in [5.41, 5.74) is 3.01. The predicted octanol–water partition coefficient (Wildman–Crippen LogP) is 4.77. The van der Waals surface area contributed by atoms with Crippen molar-refractivity contribution in [1.82, 2.24) is 4.98 Å². The van der Waals surface area contributed by atoms with E-state index >= 15 is 0 Å². The van der Waals surface area contributed by atoms with E-state index in [1.54, 1.807) is 12.3 Å². The Labute approximate surface area is 205 Å². The van der Waals surface area contributed by atoms with Crippen LogP contribution in [0.25, 0.3) is 11.3 Å². The van der Waals surface area contributed by atoms with E-state index in [9.17, 15) is 14.7 Å². The minimum atomic E-state index is -0.996. The maximum Gasteiger partial charge on any atom is 0.374 e. The number of thiophene rings is 1. The molecule has 3 aromatic heterocycles. The average Bonchev–Trinajstić information content (AvgIpc) is 3.52. The van der Waals surface area contributed by atoms with Crippen molar-refractivity contribution in [3.8, 4) is 11.3 Å². The average molecular weight is 491 g/mol. The predicted molar refractivity (Wildman–Crippen MR) is 129 cm³/mol. The van der Waals surface area contributed by atoms with Crippen molar-refractivity contribution in [2.24, 2.45) is 0 Å². The summed E-state index contributed by atoms with van der Waals surface area (Å²) in [5, 5.41) is 15.3. The fourth-order valence-electron chi connectivity index (χ4n) is 4.44. The Morgan fingerprint density at radius 1 is 1.06 bits per heavy atom. The third-order valence-electron chi connectivity index (χ3n) is 6.01. The number of nitrogens with zero attached hydrogens (tertiary/aromatic N) is 2. The molecule has 0 bridgehead atoms. The van der Waals surface area contributed by atoms with Gasteiger partial charge in [0.2, 0.25) is 5.76 Å². The van der Waals surface area contributed by atoms with E-state index in [1.807, 2.05) is 58.1 Å². The van der Waals surface area contributed by atoms with E-state index in [0.717, 1.165) is 5.56 Å². The van der Waals surface area contributed by atoms with Crippen LogP contribution in [0.1, 0.15) is 49.9 Å². The molecule has 1 aromatic carbocycles. The molecule has 4 aromatic rings. The molecule has 0 amide bonds. The van der Waals surface area contributed by atoms with Crippen LogP contribution < -0.4 is 4.90 Å². The number of carbonyl (C=O) groups is 2. The minimum absolute atomic E-state index is 0.0579. The highest BCUT2D eigenvalue weighted by Crippen LogP contribution is 2.52. The van der Waals surface area contributed by atoms with Crippen LogP contribution in [-0.2, 0) is 16.0 Å². The summed E-state index contributed by atoms with van der Waals surface area (Å²) in [7, 11) is 2.46. The smallest absolute Gasteiger partial charge is 0.374 e. The zero-order valence-corrected chi connectivity index (χ0v) is 19.8. The number of pyridine rings is 1. The van der Waals surface area contributed by atoms with Crippen LogP contribution in [0.2, 0.25) is 0 Å². The van der Waals surface area contributed by atoms with Crippen LogP contribution >= 0.6 is 11.3 Å². The van der Waals surface area contributed by atoms with E-state index in [-0.39, 0.29) is 17.1 Å². The molecule has 8 nitrogen and oxygen atoms in total. The Kier molecular flexibility index (Phi) is 6.10. The van der Waals surface area contributed by atoms with E-state index in [1.165, 1.54) is 25.6 Å². The zero-order chi connectivity index (χ0) is 24.5. The molecule has 9 heteroatoms. The van der Waals surface area contributed by atoms with Crippen molar-refractivity contribution in [2.45, 2.75) is 18.7 Å². The van der Waals surface area contributed by atoms with Gasteiger partial charge in [0.1, 0.15) is 23.4 Å². The highest BCUT2D eigenvalue weighted by molar-refractivity contribution is 7.08. The first-order chi connectivity index (χ1) is 17.0. The topological polar surface area (TPSA) is 102 Å². The first-order valence-corrected chi connectivity index (χ1v) is 11.8. The van der Waals surface area contributed by atoms with E-state index in [2.05, 4.69) is 4.98 Å². The summed E-state index contributed by atoms with van der Waals surface area (Å²) < 4.78 is 16.0. The van der Waals surface area contributed by atoms with Gasteiger partial charge in [-0.2, -0.15) is 11.3 Å². The van der Waals surface area contributed by atoms with Crippen LogP contribution in [0.3, 0.4) is 0 Å². The highest BCUT2D eigenvalue weighted by atomic mass is 32.1.